The molecule has 0 radical (unpaired) electrons. The number of rotatable bonds is 8. The standard InChI is InChI=1S/C11H19FN2O2/c1-8(6-12)14-7-11(4-5-11)3-2-9(13)10(15)16/h9,14H,1-7,13H2,(H,15,16). The number of nitrogens with two attached hydrogens (primary N) is 1. The average molecular weight is 230 g/mol. The maximum absolute atomic E-state index is 12.1. The lowest BCUT2D eigenvalue weighted by Gasteiger charge is -2.18. The molecule has 0 aromatic rings. The summed E-state index contributed by atoms with van der Waals surface area (Å²) in [5, 5.41) is 11.6. The van der Waals surface area contributed by atoms with Gasteiger partial charge in [-0.15, -0.1) is 0 Å². The number of hydrogen-bond acceptors (Lipinski definition) is 3. The van der Waals surface area contributed by atoms with Gasteiger partial charge in [-0.2, -0.15) is 0 Å². The van der Waals surface area contributed by atoms with Crippen LogP contribution >= 0.6 is 0 Å². The first-order chi connectivity index (χ1) is 7.49. The molecular weight excluding hydrogens is 211 g/mol. The van der Waals surface area contributed by atoms with Crippen LogP contribution in [0.1, 0.15) is 25.7 Å². The van der Waals surface area contributed by atoms with Crippen LogP contribution in [-0.4, -0.2) is 30.3 Å². The van der Waals surface area contributed by atoms with Gasteiger partial charge in [0.15, 0.2) is 0 Å². The smallest absolute Gasteiger partial charge is 0.320 e. The molecule has 0 bridgehead atoms. The largest absolute Gasteiger partial charge is 0.480 e. The molecular formula is C11H19FN2O2. The number of alkyl halides is 1. The molecule has 0 amide bonds. The lowest BCUT2D eigenvalue weighted by molar-refractivity contribution is -0.138. The van der Waals surface area contributed by atoms with Gasteiger partial charge in [0, 0.05) is 12.2 Å². The van der Waals surface area contributed by atoms with Crippen LogP contribution in [0, 0.1) is 5.41 Å². The molecule has 1 unspecified atom stereocenters. The third-order valence-electron chi connectivity index (χ3n) is 3.13. The van der Waals surface area contributed by atoms with Crippen molar-refractivity contribution in [3.63, 3.8) is 0 Å². The summed E-state index contributed by atoms with van der Waals surface area (Å²) in [5.74, 6) is -0.961. The second-order valence-corrected chi connectivity index (χ2v) is 4.57. The Hall–Kier alpha value is -1.10. The molecule has 4 N–H and O–H groups in total. The second-order valence-electron chi connectivity index (χ2n) is 4.57. The second kappa shape index (κ2) is 5.30. The molecule has 4 nitrogen and oxygen atoms in total. The highest BCUT2D eigenvalue weighted by Gasteiger charge is 2.42. The Balaban J connectivity index is 2.25. The van der Waals surface area contributed by atoms with Gasteiger partial charge in [-0.1, -0.05) is 6.58 Å². The van der Waals surface area contributed by atoms with E-state index in [9.17, 15) is 9.18 Å². The van der Waals surface area contributed by atoms with Crippen molar-refractivity contribution < 1.29 is 14.3 Å². The van der Waals surface area contributed by atoms with E-state index >= 15 is 0 Å². The molecule has 16 heavy (non-hydrogen) atoms. The Bertz CT molecular complexity index is 277. The van der Waals surface area contributed by atoms with Crippen LogP contribution in [0.3, 0.4) is 0 Å². The number of nitrogens with one attached hydrogen (secondary N) is 1. The molecule has 1 atom stereocenters. The molecule has 92 valence electrons. The van der Waals surface area contributed by atoms with Crippen molar-refractivity contribution in [2.24, 2.45) is 11.1 Å². The van der Waals surface area contributed by atoms with Gasteiger partial charge in [-0.3, -0.25) is 4.79 Å². The van der Waals surface area contributed by atoms with Crippen molar-refractivity contribution >= 4 is 5.97 Å². The molecule has 0 heterocycles. The van der Waals surface area contributed by atoms with E-state index in [1.54, 1.807) is 0 Å². The zero-order chi connectivity index (χ0) is 12.2. The predicted molar refractivity (Wildman–Crippen MR) is 59.6 cm³/mol. The zero-order valence-corrected chi connectivity index (χ0v) is 9.34. The predicted octanol–water partition coefficient (Wildman–Crippen LogP) is 1.03. The molecule has 1 aliphatic rings. The quantitative estimate of drug-likeness (QED) is 0.582. The Morgan fingerprint density at radius 2 is 2.25 bits per heavy atom. The van der Waals surface area contributed by atoms with Gasteiger partial charge >= 0.3 is 5.97 Å². The third kappa shape index (κ3) is 3.81. The molecule has 0 saturated heterocycles. The number of aliphatic carboxylic acids is 1. The summed E-state index contributed by atoms with van der Waals surface area (Å²) in [7, 11) is 0. The van der Waals surface area contributed by atoms with Gasteiger partial charge in [0.25, 0.3) is 0 Å². The van der Waals surface area contributed by atoms with Crippen LogP contribution in [0.4, 0.5) is 4.39 Å². The van der Waals surface area contributed by atoms with E-state index in [-0.39, 0.29) is 5.41 Å². The summed E-state index contributed by atoms with van der Waals surface area (Å²) in [5.41, 5.74) is 5.94. The lowest BCUT2D eigenvalue weighted by atomic mass is 9.97. The summed E-state index contributed by atoms with van der Waals surface area (Å²) in [4.78, 5) is 10.5. The lowest BCUT2D eigenvalue weighted by Crippen LogP contribution is -2.32. The number of halogens is 1. The Kier molecular flexibility index (Phi) is 4.29. The van der Waals surface area contributed by atoms with Crippen LogP contribution in [-0.2, 0) is 4.79 Å². The fraction of sp³-hybridized carbons (Fsp3) is 0.727. The van der Waals surface area contributed by atoms with Gasteiger partial charge in [-0.25, -0.2) is 4.39 Å². The minimum Gasteiger partial charge on any atom is -0.480 e. The molecule has 1 rings (SSSR count). The van der Waals surface area contributed by atoms with Crippen LogP contribution in [0.25, 0.3) is 0 Å². The normalized spacial score (nSPS) is 18.9. The first-order valence-electron chi connectivity index (χ1n) is 5.45. The van der Waals surface area contributed by atoms with Crippen molar-refractivity contribution in [1.82, 2.24) is 5.32 Å². The first kappa shape index (κ1) is 13.0. The van der Waals surface area contributed by atoms with E-state index in [1.165, 1.54) is 0 Å². The van der Waals surface area contributed by atoms with E-state index in [0.717, 1.165) is 19.3 Å². The monoisotopic (exact) mass is 230 g/mol. The molecule has 1 aliphatic carbocycles. The highest BCUT2D eigenvalue weighted by atomic mass is 19.1. The van der Waals surface area contributed by atoms with Gasteiger partial charge in [0.1, 0.15) is 12.7 Å². The van der Waals surface area contributed by atoms with E-state index in [0.29, 0.717) is 18.7 Å². The van der Waals surface area contributed by atoms with Gasteiger partial charge in [-0.05, 0) is 31.1 Å². The van der Waals surface area contributed by atoms with Crippen molar-refractivity contribution in [2.75, 3.05) is 13.2 Å². The van der Waals surface area contributed by atoms with Crippen molar-refractivity contribution in [2.45, 2.75) is 31.7 Å². The van der Waals surface area contributed by atoms with Crippen LogP contribution in [0.2, 0.25) is 0 Å². The van der Waals surface area contributed by atoms with E-state index in [4.69, 9.17) is 10.8 Å². The maximum atomic E-state index is 12.1. The van der Waals surface area contributed by atoms with E-state index in [1.807, 2.05) is 0 Å². The summed E-state index contributed by atoms with van der Waals surface area (Å²) in [6.07, 6.45) is 3.34. The molecule has 0 aromatic heterocycles. The SMILES string of the molecule is C=C(CF)NCC1(CCC(N)C(=O)O)CC1. The first-order valence-corrected chi connectivity index (χ1v) is 5.45. The molecule has 1 saturated carbocycles. The Morgan fingerprint density at radius 3 is 2.69 bits per heavy atom. The summed E-state index contributed by atoms with van der Waals surface area (Å²) in [6.45, 7) is 3.63. The number of carboxylic acid groups (broad SMARTS) is 1. The van der Waals surface area contributed by atoms with Gasteiger partial charge in [0.05, 0.1) is 0 Å². The van der Waals surface area contributed by atoms with Crippen molar-refractivity contribution in [3.05, 3.63) is 12.3 Å². The third-order valence-corrected chi connectivity index (χ3v) is 3.13. The Labute approximate surface area is 94.7 Å². The zero-order valence-electron chi connectivity index (χ0n) is 9.34. The van der Waals surface area contributed by atoms with Crippen LogP contribution in [0.15, 0.2) is 12.3 Å². The van der Waals surface area contributed by atoms with E-state index in [2.05, 4.69) is 11.9 Å². The number of hydrogen-bond donors (Lipinski definition) is 3. The summed E-state index contributed by atoms with van der Waals surface area (Å²) >= 11 is 0. The molecule has 0 aliphatic heterocycles. The highest BCUT2D eigenvalue weighted by Crippen LogP contribution is 2.49. The fourth-order valence-electron chi connectivity index (χ4n) is 1.64. The minimum atomic E-state index is -0.961. The van der Waals surface area contributed by atoms with E-state index < -0.39 is 18.7 Å². The maximum Gasteiger partial charge on any atom is 0.320 e. The molecule has 5 heteroatoms. The van der Waals surface area contributed by atoms with Gasteiger partial charge in [0.2, 0.25) is 0 Å². The number of carbonyl (C=O) groups is 1. The van der Waals surface area contributed by atoms with Crippen molar-refractivity contribution in [1.29, 1.82) is 0 Å². The Morgan fingerprint density at radius 1 is 1.62 bits per heavy atom. The number of carboxylic acids is 1. The topological polar surface area (TPSA) is 75.3 Å². The molecule has 0 aromatic carbocycles. The molecule has 0 spiro atoms. The summed E-state index contributed by atoms with van der Waals surface area (Å²) < 4.78 is 12.1. The number of allylic oxidation sites excluding steroid dienone is 1. The summed E-state index contributed by atoms with van der Waals surface area (Å²) in [6, 6.07) is -0.790. The highest BCUT2D eigenvalue weighted by molar-refractivity contribution is 5.72. The minimum absolute atomic E-state index is 0.116. The fourth-order valence-corrected chi connectivity index (χ4v) is 1.64. The van der Waals surface area contributed by atoms with Gasteiger partial charge < -0.3 is 16.2 Å². The van der Waals surface area contributed by atoms with Crippen LogP contribution < -0.4 is 11.1 Å². The average Bonchev–Trinajstić information content (AvgIpc) is 3.03. The molecule has 1 fully saturated rings. The van der Waals surface area contributed by atoms with Crippen LogP contribution in [0.5, 0.6) is 0 Å². The van der Waals surface area contributed by atoms with Crippen molar-refractivity contribution in [3.8, 4) is 0 Å².